The molecule has 0 saturated heterocycles. The summed E-state index contributed by atoms with van der Waals surface area (Å²) >= 11 is 3.74. The van der Waals surface area contributed by atoms with Gasteiger partial charge in [0.05, 0.1) is 4.24 Å². The highest BCUT2D eigenvalue weighted by atomic mass is 32.2. The molecule has 0 aliphatic carbocycles. The van der Waals surface area contributed by atoms with Gasteiger partial charge in [-0.25, -0.2) is 0 Å². The zero-order valence-corrected chi connectivity index (χ0v) is 14.2. The second-order valence-electron chi connectivity index (χ2n) is 3.76. The third-order valence-corrected chi connectivity index (χ3v) is 5.08. The molecule has 0 unspecified atom stereocenters. The predicted octanol–water partition coefficient (Wildman–Crippen LogP) is 4.08. The van der Waals surface area contributed by atoms with Gasteiger partial charge in [-0.3, -0.25) is 0 Å². The van der Waals surface area contributed by atoms with Gasteiger partial charge in [-0.15, -0.1) is 30.1 Å². The first-order chi connectivity index (χ1) is 8.69. The van der Waals surface area contributed by atoms with Crippen molar-refractivity contribution in [3.05, 3.63) is 22.7 Å². The van der Waals surface area contributed by atoms with E-state index in [-0.39, 0.29) is 0 Å². The smallest absolute Gasteiger partial charge is 0.124 e. The molecule has 0 aliphatic rings. The van der Waals surface area contributed by atoms with Crippen LogP contribution in [0.4, 0.5) is 0 Å². The van der Waals surface area contributed by atoms with Crippen LogP contribution in [0.25, 0.3) is 0 Å². The topological polar surface area (TPSA) is 6.48 Å². The SMILES string of the molecule is C=CCSC(SC)=C(N(CC)CC)N(CC)CC. The maximum absolute atomic E-state index is 3.82. The average molecular weight is 289 g/mol. The zero-order chi connectivity index (χ0) is 14.0. The third kappa shape index (κ3) is 5.19. The van der Waals surface area contributed by atoms with E-state index in [1.807, 2.05) is 29.6 Å². The van der Waals surface area contributed by atoms with Crippen LogP contribution in [0.2, 0.25) is 0 Å². The van der Waals surface area contributed by atoms with E-state index in [2.05, 4.69) is 50.3 Å². The number of thioether (sulfide) groups is 2. The van der Waals surface area contributed by atoms with E-state index < -0.39 is 0 Å². The summed E-state index contributed by atoms with van der Waals surface area (Å²) < 4.78 is 1.40. The standard InChI is InChI=1S/C14H28N2S2/c1-7-12-18-14(17-6)13(15(8-2)9-3)16(10-4)11-5/h7H,1,8-12H2,2-6H3. The maximum atomic E-state index is 3.82. The Morgan fingerprint density at radius 2 is 1.44 bits per heavy atom. The lowest BCUT2D eigenvalue weighted by atomic mass is 10.4. The molecule has 0 aromatic heterocycles. The summed E-state index contributed by atoms with van der Waals surface area (Å²) in [6.07, 6.45) is 4.14. The van der Waals surface area contributed by atoms with E-state index in [1.165, 1.54) is 10.1 Å². The highest BCUT2D eigenvalue weighted by molar-refractivity contribution is 8.22. The lowest BCUT2D eigenvalue weighted by molar-refractivity contribution is 0.235. The van der Waals surface area contributed by atoms with E-state index in [4.69, 9.17) is 0 Å². The van der Waals surface area contributed by atoms with Gasteiger partial charge in [-0.2, -0.15) is 0 Å². The monoisotopic (exact) mass is 288 g/mol. The Morgan fingerprint density at radius 1 is 1.00 bits per heavy atom. The molecule has 0 fully saturated rings. The average Bonchev–Trinajstić information content (AvgIpc) is 2.41. The van der Waals surface area contributed by atoms with Crippen LogP contribution in [0, 0.1) is 0 Å². The van der Waals surface area contributed by atoms with Crippen LogP contribution in [0.3, 0.4) is 0 Å². The largest absolute Gasteiger partial charge is 0.357 e. The van der Waals surface area contributed by atoms with E-state index in [9.17, 15) is 0 Å². The van der Waals surface area contributed by atoms with Crippen LogP contribution in [0.1, 0.15) is 27.7 Å². The minimum Gasteiger partial charge on any atom is -0.357 e. The number of hydrogen-bond acceptors (Lipinski definition) is 4. The molecule has 0 bridgehead atoms. The van der Waals surface area contributed by atoms with Crippen molar-refractivity contribution >= 4 is 23.5 Å². The van der Waals surface area contributed by atoms with Gasteiger partial charge in [0.15, 0.2) is 0 Å². The number of hydrogen-bond donors (Lipinski definition) is 0. The lowest BCUT2D eigenvalue weighted by Crippen LogP contribution is -2.36. The van der Waals surface area contributed by atoms with Gasteiger partial charge >= 0.3 is 0 Å². The minimum absolute atomic E-state index is 0.974. The third-order valence-electron chi connectivity index (χ3n) is 2.83. The van der Waals surface area contributed by atoms with E-state index >= 15 is 0 Å². The van der Waals surface area contributed by atoms with Crippen LogP contribution in [-0.4, -0.2) is 48.0 Å². The van der Waals surface area contributed by atoms with E-state index in [0.717, 1.165) is 31.9 Å². The van der Waals surface area contributed by atoms with Crippen molar-refractivity contribution in [2.75, 3.05) is 38.2 Å². The van der Waals surface area contributed by atoms with E-state index in [0.29, 0.717) is 0 Å². The van der Waals surface area contributed by atoms with Crippen molar-refractivity contribution in [2.45, 2.75) is 27.7 Å². The Hall–Kier alpha value is -0.220. The fourth-order valence-electron chi connectivity index (χ4n) is 1.85. The van der Waals surface area contributed by atoms with Gasteiger partial charge in [-0.05, 0) is 34.0 Å². The minimum atomic E-state index is 0.974. The Kier molecular flexibility index (Phi) is 10.5. The van der Waals surface area contributed by atoms with Crippen molar-refractivity contribution in [2.24, 2.45) is 0 Å². The normalized spacial score (nSPS) is 10.1. The van der Waals surface area contributed by atoms with Crippen LogP contribution in [0.5, 0.6) is 0 Å². The molecule has 0 aromatic carbocycles. The fraction of sp³-hybridized carbons (Fsp3) is 0.714. The molecule has 0 radical (unpaired) electrons. The highest BCUT2D eigenvalue weighted by Crippen LogP contribution is 2.33. The highest BCUT2D eigenvalue weighted by Gasteiger charge is 2.17. The Balaban J connectivity index is 5.34. The molecule has 0 aromatic rings. The van der Waals surface area contributed by atoms with Crippen molar-refractivity contribution in [1.82, 2.24) is 9.80 Å². The molecule has 106 valence electrons. The van der Waals surface area contributed by atoms with Crippen molar-refractivity contribution < 1.29 is 0 Å². The zero-order valence-electron chi connectivity index (χ0n) is 12.5. The molecular formula is C14H28N2S2. The second kappa shape index (κ2) is 10.7. The van der Waals surface area contributed by atoms with Crippen LogP contribution < -0.4 is 0 Å². The summed E-state index contributed by atoms with van der Waals surface area (Å²) in [6.45, 7) is 16.9. The first-order valence-corrected chi connectivity index (χ1v) is 8.92. The van der Waals surface area contributed by atoms with Gasteiger partial charge in [0, 0.05) is 31.9 Å². The van der Waals surface area contributed by atoms with Crippen LogP contribution >= 0.6 is 23.5 Å². The summed E-state index contributed by atoms with van der Waals surface area (Å²) in [5, 5.41) is 0. The molecular weight excluding hydrogens is 260 g/mol. The van der Waals surface area contributed by atoms with Crippen molar-refractivity contribution in [3.8, 4) is 0 Å². The van der Waals surface area contributed by atoms with E-state index in [1.54, 1.807) is 0 Å². The predicted molar refractivity (Wildman–Crippen MR) is 89.0 cm³/mol. The number of nitrogens with zero attached hydrogens (tertiary/aromatic N) is 2. The molecule has 0 saturated carbocycles. The molecule has 0 heterocycles. The summed E-state index contributed by atoms with van der Waals surface area (Å²) in [6, 6.07) is 0. The van der Waals surface area contributed by atoms with Gasteiger partial charge in [0.2, 0.25) is 0 Å². The molecule has 4 heteroatoms. The van der Waals surface area contributed by atoms with Gasteiger partial charge < -0.3 is 9.80 Å². The van der Waals surface area contributed by atoms with Crippen LogP contribution in [-0.2, 0) is 0 Å². The molecule has 0 N–H and O–H groups in total. The summed E-state index contributed by atoms with van der Waals surface area (Å²) in [5.74, 6) is 2.37. The van der Waals surface area contributed by atoms with Gasteiger partial charge in [-0.1, -0.05) is 6.08 Å². The summed E-state index contributed by atoms with van der Waals surface area (Å²) in [7, 11) is 0. The van der Waals surface area contributed by atoms with Gasteiger partial charge in [0.1, 0.15) is 5.82 Å². The molecule has 0 rings (SSSR count). The van der Waals surface area contributed by atoms with Crippen molar-refractivity contribution in [1.29, 1.82) is 0 Å². The lowest BCUT2D eigenvalue weighted by Gasteiger charge is -2.35. The molecule has 18 heavy (non-hydrogen) atoms. The summed E-state index contributed by atoms with van der Waals surface area (Å²) in [5.41, 5.74) is 0. The molecule has 0 aliphatic heterocycles. The Morgan fingerprint density at radius 3 is 1.72 bits per heavy atom. The fourth-order valence-corrected chi connectivity index (χ4v) is 3.63. The second-order valence-corrected chi connectivity index (χ2v) is 5.86. The first kappa shape index (κ1) is 17.8. The molecule has 2 nitrogen and oxygen atoms in total. The van der Waals surface area contributed by atoms with Gasteiger partial charge in [0.25, 0.3) is 0 Å². The quantitative estimate of drug-likeness (QED) is 0.559. The first-order valence-electron chi connectivity index (χ1n) is 6.71. The number of rotatable bonds is 10. The van der Waals surface area contributed by atoms with Crippen LogP contribution in [0.15, 0.2) is 22.7 Å². The Bertz CT molecular complexity index is 243. The molecule has 0 spiro atoms. The Labute approximate surface area is 122 Å². The van der Waals surface area contributed by atoms with Crippen molar-refractivity contribution in [3.63, 3.8) is 0 Å². The molecule has 0 amide bonds. The maximum Gasteiger partial charge on any atom is 0.124 e. The summed E-state index contributed by atoms with van der Waals surface area (Å²) in [4.78, 5) is 4.91. The molecule has 0 atom stereocenters.